The van der Waals surface area contributed by atoms with Crippen molar-refractivity contribution in [1.29, 1.82) is 5.26 Å². The molecule has 0 aliphatic carbocycles. The molecule has 0 heterocycles. The van der Waals surface area contributed by atoms with Gasteiger partial charge < -0.3 is 4.74 Å². The third kappa shape index (κ3) is 2.61. The van der Waals surface area contributed by atoms with Gasteiger partial charge in [0, 0.05) is 5.33 Å². The van der Waals surface area contributed by atoms with Crippen LogP contribution in [0.25, 0.3) is 0 Å². The number of nitrogens with zero attached hydrogens (tertiary/aromatic N) is 1. The lowest BCUT2D eigenvalue weighted by Gasteiger charge is -2.08. The average molecular weight is 282 g/mol. The van der Waals surface area contributed by atoms with Gasteiger partial charge in [0.1, 0.15) is 0 Å². The summed E-state index contributed by atoms with van der Waals surface area (Å²) in [6.45, 7) is 3.92. The van der Waals surface area contributed by atoms with Gasteiger partial charge >= 0.3 is 5.97 Å². The van der Waals surface area contributed by atoms with Crippen molar-refractivity contribution >= 4 is 21.9 Å². The van der Waals surface area contributed by atoms with Crippen molar-refractivity contribution in [2.45, 2.75) is 19.2 Å². The van der Waals surface area contributed by atoms with Crippen molar-refractivity contribution in [2.75, 3.05) is 6.61 Å². The number of alkyl halides is 1. The van der Waals surface area contributed by atoms with Crippen molar-refractivity contribution < 1.29 is 9.53 Å². The molecule has 0 unspecified atom stereocenters. The number of hydrogen-bond acceptors (Lipinski definition) is 3. The van der Waals surface area contributed by atoms with Crippen LogP contribution in [-0.4, -0.2) is 12.6 Å². The van der Waals surface area contributed by atoms with Gasteiger partial charge in [0.15, 0.2) is 0 Å². The number of esters is 1. The minimum absolute atomic E-state index is 0.334. The summed E-state index contributed by atoms with van der Waals surface area (Å²) in [6.07, 6.45) is 0. The van der Waals surface area contributed by atoms with E-state index in [1.807, 2.05) is 13.0 Å². The van der Waals surface area contributed by atoms with Gasteiger partial charge in [0.25, 0.3) is 0 Å². The first-order chi connectivity index (χ1) is 7.63. The molecule has 0 N–H and O–H groups in total. The van der Waals surface area contributed by atoms with E-state index in [0.29, 0.717) is 23.1 Å². The molecule has 16 heavy (non-hydrogen) atoms. The summed E-state index contributed by atoms with van der Waals surface area (Å²) in [5.41, 5.74) is 2.67. The number of carbonyl (C=O) groups excluding carboxylic acids is 1. The summed E-state index contributed by atoms with van der Waals surface area (Å²) in [6, 6.07) is 5.49. The molecule has 0 aliphatic rings. The number of ether oxygens (including phenoxy) is 1. The van der Waals surface area contributed by atoms with Crippen LogP contribution in [0, 0.1) is 18.3 Å². The molecule has 3 nitrogen and oxygen atoms in total. The lowest BCUT2D eigenvalue weighted by molar-refractivity contribution is 0.0525. The van der Waals surface area contributed by atoms with Crippen molar-refractivity contribution in [3.05, 3.63) is 34.4 Å². The van der Waals surface area contributed by atoms with Gasteiger partial charge in [-0.25, -0.2) is 4.79 Å². The highest BCUT2D eigenvalue weighted by molar-refractivity contribution is 9.08. The van der Waals surface area contributed by atoms with Crippen molar-refractivity contribution in [3.63, 3.8) is 0 Å². The maximum absolute atomic E-state index is 11.6. The van der Waals surface area contributed by atoms with Crippen LogP contribution < -0.4 is 0 Å². The molecule has 0 bridgehead atoms. The molecule has 84 valence electrons. The highest BCUT2D eigenvalue weighted by atomic mass is 79.9. The van der Waals surface area contributed by atoms with E-state index in [1.54, 1.807) is 13.0 Å². The zero-order valence-electron chi connectivity index (χ0n) is 9.21. The van der Waals surface area contributed by atoms with Crippen molar-refractivity contribution in [1.82, 2.24) is 0 Å². The standard InChI is InChI=1S/C12H12BrNO2/c1-3-16-12(15)11-5-10(7-14)9(6-13)4-8(11)2/h4-5H,3,6H2,1-2H3. The van der Waals surface area contributed by atoms with Crippen LogP contribution >= 0.6 is 15.9 Å². The van der Waals surface area contributed by atoms with Gasteiger partial charge in [-0.05, 0) is 31.0 Å². The van der Waals surface area contributed by atoms with Gasteiger partial charge in [-0.15, -0.1) is 0 Å². The summed E-state index contributed by atoms with van der Waals surface area (Å²) >= 11 is 3.31. The first-order valence-corrected chi connectivity index (χ1v) is 6.02. The SMILES string of the molecule is CCOC(=O)c1cc(C#N)c(CBr)cc1C. The highest BCUT2D eigenvalue weighted by Crippen LogP contribution is 2.19. The number of halogens is 1. The fourth-order valence-electron chi connectivity index (χ4n) is 1.41. The minimum atomic E-state index is -0.377. The van der Waals surface area contributed by atoms with Gasteiger partial charge in [-0.3, -0.25) is 0 Å². The number of carbonyl (C=O) groups is 1. The maximum Gasteiger partial charge on any atom is 0.338 e. The normalized spacial score (nSPS) is 9.62. The van der Waals surface area contributed by atoms with E-state index in [9.17, 15) is 4.79 Å². The average Bonchev–Trinajstić information content (AvgIpc) is 2.28. The molecule has 0 amide bonds. The summed E-state index contributed by atoms with van der Waals surface area (Å²) in [4.78, 5) is 11.6. The predicted octanol–water partition coefficient (Wildman–Crippen LogP) is 2.94. The Hall–Kier alpha value is -1.34. The van der Waals surface area contributed by atoms with Crippen LogP contribution in [0.4, 0.5) is 0 Å². The Kier molecular flexibility index (Phi) is 4.51. The fraction of sp³-hybridized carbons (Fsp3) is 0.333. The Morgan fingerprint density at radius 2 is 2.25 bits per heavy atom. The molecule has 0 aliphatic heterocycles. The van der Waals surface area contributed by atoms with Crippen LogP contribution in [0.1, 0.15) is 34.0 Å². The van der Waals surface area contributed by atoms with E-state index >= 15 is 0 Å². The summed E-state index contributed by atoms with van der Waals surface area (Å²) in [7, 11) is 0. The summed E-state index contributed by atoms with van der Waals surface area (Å²) < 4.78 is 4.92. The maximum atomic E-state index is 11.6. The topological polar surface area (TPSA) is 50.1 Å². The molecule has 0 radical (unpaired) electrons. The monoisotopic (exact) mass is 281 g/mol. The van der Waals surface area contributed by atoms with Crippen LogP contribution in [0.15, 0.2) is 12.1 Å². The zero-order valence-corrected chi connectivity index (χ0v) is 10.8. The molecular weight excluding hydrogens is 270 g/mol. The second-order valence-corrected chi connectivity index (χ2v) is 3.85. The van der Waals surface area contributed by atoms with E-state index in [-0.39, 0.29) is 5.97 Å². The summed E-state index contributed by atoms with van der Waals surface area (Å²) in [5, 5.41) is 9.55. The third-order valence-corrected chi connectivity index (χ3v) is 2.81. The van der Waals surface area contributed by atoms with Gasteiger partial charge in [0.2, 0.25) is 0 Å². The zero-order chi connectivity index (χ0) is 12.1. The van der Waals surface area contributed by atoms with E-state index in [2.05, 4.69) is 22.0 Å². The van der Waals surface area contributed by atoms with Gasteiger partial charge in [-0.1, -0.05) is 22.0 Å². The number of hydrogen-bond donors (Lipinski definition) is 0. The van der Waals surface area contributed by atoms with Gasteiger partial charge in [-0.2, -0.15) is 5.26 Å². The predicted molar refractivity (Wildman–Crippen MR) is 64.5 cm³/mol. The molecule has 0 saturated heterocycles. The highest BCUT2D eigenvalue weighted by Gasteiger charge is 2.13. The lowest BCUT2D eigenvalue weighted by atomic mass is 10.0. The Balaban J connectivity index is 3.22. The number of nitriles is 1. The molecule has 0 saturated carbocycles. The Bertz CT molecular complexity index is 449. The quantitative estimate of drug-likeness (QED) is 0.632. The molecule has 4 heteroatoms. The van der Waals surface area contributed by atoms with Crippen molar-refractivity contribution in [2.24, 2.45) is 0 Å². The molecule has 0 spiro atoms. The van der Waals surface area contributed by atoms with Crippen LogP contribution in [0.5, 0.6) is 0 Å². The van der Waals surface area contributed by atoms with Crippen LogP contribution in [0.3, 0.4) is 0 Å². The van der Waals surface area contributed by atoms with E-state index in [1.165, 1.54) is 0 Å². The second-order valence-electron chi connectivity index (χ2n) is 3.29. The first kappa shape index (κ1) is 12.7. The number of benzene rings is 1. The third-order valence-electron chi connectivity index (χ3n) is 2.21. The summed E-state index contributed by atoms with van der Waals surface area (Å²) in [5.74, 6) is -0.377. The van der Waals surface area contributed by atoms with Crippen molar-refractivity contribution in [3.8, 4) is 6.07 Å². The minimum Gasteiger partial charge on any atom is -0.462 e. The largest absolute Gasteiger partial charge is 0.462 e. The molecule has 0 aromatic heterocycles. The van der Waals surface area contributed by atoms with Gasteiger partial charge in [0.05, 0.1) is 23.8 Å². The van der Waals surface area contributed by atoms with E-state index < -0.39 is 0 Å². The second kappa shape index (κ2) is 5.66. The Morgan fingerprint density at radius 3 is 2.75 bits per heavy atom. The molecule has 1 rings (SSSR count). The Labute approximate surface area is 103 Å². The molecule has 1 aromatic carbocycles. The van der Waals surface area contributed by atoms with E-state index in [0.717, 1.165) is 11.1 Å². The smallest absolute Gasteiger partial charge is 0.338 e. The molecule has 0 atom stereocenters. The number of aryl methyl sites for hydroxylation is 1. The van der Waals surface area contributed by atoms with Crippen LogP contribution in [-0.2, 0) is 10.1 Å². The molecular formula is C12H12BrNO2. The molecule has 1 aromatic rings. The Morgan fingerprint density at radius 1 is 1.56 bits per heavy atom. The first-order valence-electron chi connectivity index (χ1n) is 4.90. The number of rotatable bonds is 3. The van der Waals surface area contributed by atoms with E-state index in [4.69, 9.17) is 10.00 Å². The van der Waals surface area contributed by atoms with Crippen LogP contribution in [0.2, 0.25) is 0 Å². The molecule has 0 fully saturated rings. The fourth-order valence-corrected chi connectivity index (χ4v) is 1.88. The lowest BCUT2D eigenvalue weighted by Crippen LogP contribution is -2.08.